The van der Waals surface area contributed by atoms with Gasteiger partial charge in [0.25, 0.3) is 0 Å². The van der Waals surface area contributed by atoms with Gasteiger partial charge in [-0.1, -0.05) is 18.2 Å². The van der Waals surface area contributed by atoms with Crippen LogP contribution < -0.4 is 4.90 Å². The Kier molecular flexibility index (Phi) is 5.24. The van der Waals surface area contributed by atoms with Crippen molar-refractivity contribution in [3.05, 3.63) is 54.4 Å². The first kappa shape index (κ1) is 18.4. The third-order valence-electron chi connectivity index (χ3n) is 5.46. The molecule has 0 bridgehead atoms. The molecule has 3 aromatic rings. The number of benzene rings is 1. The maximum absolute atomic E-state index is 12.0. The number of piperidine rings is 1. The number of aromatic nitrogens is 2. The lowest BCUT2D eigenvalue weighted by molar-refractivity contribution is -0.148. The summed E-state index contributed by atoms with van der Waals surface area (Å²) in [4.78, 5) is 23.5. The third kappa shape index (κ3) is 3.57. The van der Waals surface area contributed by atoms with E-state index in [-0.39, 0.29) is 11.9 Å². The van der Waals surface area contributed by atoms with Gasteiger partial charge < -0.3 is 9.64 Å². The number of aryl methyl sites for hydroxylation is 1. The van der Waals surface area contributed by atoms with Crippen molar-refractivity contribution in [3.8, 4) is 11.1 Å². The van der Waals surface area contributed by atoms with Gasteiger partial charge in [-0.2, -0.15) is 0 Å². The highest BCUT2D eigenvalue weighted by molar-refractivity contribution is 5.96. The summed E-state index contributed by atoms with van der Waals surface area (Å²) in [6, 6.07) is 12.5. The van der Waals surface area contributed by atoms with Crippen LogP contribution in [0.5, 0.6) is 0 Å². The first-order chi connectivity index (χ1) is 13.7. The normalized spacial score (nSPS) is 15.0. The molecule has 0 amide bonds. The molecule has 1 fully saturated rings. The molecule has 1 aliphatic heterocycles. The van der Waals surface area contributed by atoms with Crippen LogP contribution in [0.1, 0.15) is 25.3 Å². The molecule has 1 saturated heterocycles. The number of carbonyl (C=O) groups is 1. The van der Waals surface area contributed by atoms with E-state index in [1.807, 2.05) is 31.5 Å². The van der Waals surface area contributed by atoms with E-state index >= 15 is 0 Å². The predicted octanol–water partition coefficient (Wildman–Crippen LogP) is 4.38. The van der Waals surface area contributed by atoms with Crippen LogP contribution in [0.4, 0.5) is 5.82 Å². The lowest BCUT2D eigenvalue weighted by atomic mass is 9.96. The Bertz CT molecular complexity index is 980. The van der Waals surface area contributed by atoms with Gasteiger partial charge >= 0.3 is 5.97 Å². The van der Waals surface area contributed by atoms with Crippen molar-refractivity contribution in [2.75, 3.05) is 24.6 Å². The van der Waals surface area contributed by atoms with Gasteiger partial charge in [-0.3, -0.25) is 9.78 Å². The molecule has 1 aliphatic rings. The Morgan fingerprint density at radius 1 is 1.18 bits per heavy atom. The summed E-state index contributed by atoms with van der Waals surface area (Å²) in [5.74, 6) is 0.920. The van der Waals surface area contributed by atoms with Crippen LogP contribution in [-0.4, -0.2) is 35.6 Å². The van der Waals surface area contributed by atoms with Crippen molar-refractivity contribution < 1.29 is 9.53 Å². The van der Waals surface area contributed by atoms with E-state index in [0.717, 1.165) is 48.4 Å². The minimum absolute atomic E-state index is 0.00475. The summed E-state index contributed by atoms with van der Waals surface area (Å²) >= 11 is 0. The van der Waals surface area contributed by atoms with Crippen LogP contribution in [0, 0.1) is 12.8 Å². The SMILES string of the molecule is CCOC(=O)C1CCN(c2cc(C)c3cccc(-c4ccncc4)c3n2)CC1. The lowest BCUT2D eigenvalue weighted by Crippen LogP contribution is -2.37. The summed E-state index contributed by atoms with van der Waals surface area (Å²) < 4.78 is 5.19. The maximum atomic E-state index is 12.0. The highest BCUT2D eigenvalue weighted by atomic mass is 16.5. The first-order valence-electron chi connectivity index (χ1n) is 9.89. The van der Waals surface area contributed by atoms with E-state index in [9.17, 15) is 4.79 Å². The number of esters is 1. The van der Waals surface area contributed by atoms with E-state index < -0.39 is 0 Å². The molecule has 2 aromatic heterocycles. The predicted molar refractivity (Wildman–Crippen MR) is 111 cm³/mol. The number of fused-ring (bicyclic) bond motifs is 1. The average molecular weight is 375 g/mol. The number of nitrogens with zero attached hydrogens (tertiary/aromatic N) is 3. The van der Waals surface area contributed by atoms with Gasteiger partial charge in [-0.15, -0.1) is 0 Å². The third-order valence-corrected chi connectivity index (χ3v) is 5.46. The van der Waals surface area contributed by atoms with Gasteiger partial charge in [0.15, 0.2) is 0 Å². The number of rotatable bonds is 4. The van der Waals surface area contributed by atoms with Gasteiger partial charge in [0.2, 0.25) is 0 Å². The number of hydrogen-bond acceptors (Lipinski definition) is 5. The summed E-state index contributed by atoms with van der Waals surface area (Å²) in [7, 11) is 0. The molecular weight excluding hydrogens is 350 g/mol. The van der Waals surface area contributed by atoms with Crippen molar-refractivity contribution >= 4 is 22.7 Å². The molecule has 5 heteroatoms. The second-order valence-corrected chi connectivity index (χ2v) is 7.25. The topological polar surface area (TPSA) is 55.3 Å². The summed E-state index contributed by atoms with van der Waals surface area (Å²) in [5, 5.41) is 1.17. The molecule has 0 saturated carbocycles. The number of pyridine rings is 2. The smallest absolute Gasteiger partial charge is 0.309 e. The van der Waals surface area contributed by atoms with Crippen molar-refractivity contribution in [2.45, 2.75) is 26.7 Å². The fraction of sp³-hybridized carbons (Fsp3) is 0.348. The van der Waals surface area contributed by atoms with E-state index in [4.69, 9.17) is 9.72 Å². The zero-order valence-corrected chi connectivity index (χ0v) is 16.4. The van der Waals surface area contributed by atoms with Crippen LogP contribution in [0.25, 0.3) is 22.0 Å². The molecule has 1 aromatic carbocycles. The molecule has 28 heavy (non-hydrogen) atoms. The van der Waals surface area contributed by atoms with Crippen molar-refractivity contribution in [1.29, 1.82) is 0 Å². The van der Waals surface area contributed by atoms with E-state index in [0.29, 0.717) is 6.61 Å². The minimum Gasteiger partial charge on any atom is -0.466 e. The Hall–Kier alpha value is -2.95. The fourth-order valence-corrected chi connectivity index (χ4v) is 3.93. The number of para-hydroxylation sites is 1. The Morgan fingerprint density at radius 2 is 1.93 bits per heavy atom. The maximum Gasteiger partial charge on any atom is 0.309 e. The molecule has 0 radical (unpaired) electrons. The lowest BCUT2D eigenvalue weighted by Gasteiger charge is -2.32. The molecule has 0 atom stereocenters. The summed E-state index contributed by atoms with van der Waals surface area (Å²) in [6.07, 6.45) is 5.24. The zero-order valence-electron chi connectivity index (χ0n) is 16.4. The highest BCUT2D eigenvalue weighted by Gasteiger charge is 2.27. The number of carbonyl (C=O) groups excluding carboxylic acids is 1. The number of hydrogen-bond donors (Lipinski definition) is 0. The Balaban J connectivity index is 1.65. The zero-order chi connectivity index (χ0) is 19.5. The first-order valence-corrected chi connectivity index (χ1v) is 9.89. The van der Waals surface area contributed by atoms with Crippen LogP contribution in [0.15, 0.2) is 48.8 Å². The standard InChI is InChI=1S/C23H25N3O2/c1-3-28-23(27)18-9-13-26(14-10-18)21-15-16(2)19-5-4-6-20(22(19)25-21)17-7-11-24-12-8-17/h4-8,11-12,15,18H,3,9-10,13-14H2,1-2H3. The Labute approximate surface area is 165 Å². The Morgan fingerprint density at radius 3 is 2.64 bits per heavy atom. The van der Waals surface area contributed by atoms with Crippen LogP contribution in [-0.2, 0) is 9.53 Å². The van der Waals surface area contributed by atoms with Crippen molar-refractivity contribution in [2.24, 2.45) is 5.92 Å². The molecule has 3 heterocycles. The molecule has 4 rings (SSSR count). The average Bonchev–Trinajstić information content (AvgIpc) is 2.74. The second-order valence-electron chi connectivity index (χ2n) is 7.25. The van der Waals surface area contributed by atoms with Crippen molar-refractivity contribution in [1.82, 2.24) is 9.97 Å². The van der Waals surface area contributed by atoms with Crippen molar-refractivity contribution in [3.63, 3.8) is 0 Å². The van der Waals surface area contributed by atoms with E-state index in [1.165, 1.54) is 10.9 Å². The van der Waals surface area contributed by atoms with Gasteiger partial charge in [0, 0.05) is 36.4 Å². The molecule has 0 aliphatic carbocycles. The van der Waals surface area contributed by atoms with Crippen LogP contribution in [0.2, 0.25) is 0 Å². The molecular formula is C23H25N3O2. The molecule has 0 unspecified atom stereocenters. The number of anilines is 1. The molecule has 5 nitrogen and oxygen atoms in total. The largest absolute Gasteiger partial charge is 0.466 e. The van der Waals surface area contributed by atoms with Gasteiger partial charge in [-0.05, 0) is 56.0 Å². The van der Waals surface area contributed by atoms with Crippen LogP contribution in [0.3, 0.4) is 0 Å². The monoisotopic (exact) mass is 375 g/mol. The minimum atomic E-state index is -0.0650. The summed E-state index contributed by atoms with van der Waals surface area (Å²) in [5.41, 5.74) is 4.46. The van der Waals surface area contributed by atoms with Crippen LogP contribution >= 0.6 is 0 Å². The van der Waals surface area contributed by atoms with E-state index in [2.05, 4.69) is 41.1 Å². The highest BCUT2D eigenvalue weighted by Crippen LogP contribution is 2.32. The fourth-order valence-electron chi connectivity index (χ4n) is 3.93. The molecule has 0 N–H and O–H groups in total. The van der Waals surface area contributed by atoms with Gasteiger partial charge in [0.05, 0.1) is 18.0 Å². The molecule has 144 valence electrons. The molecule has 0 spiro atoms. The van der Waals surface area contributed by atoms with Gasteiger partial charge in [0.1, 0.15) is 5.82 Å². The van der Waals surface area contributed by atoms with Gasteiger partial charge in [-0.25, -0.2) is 4.98 Å². The quantitative estimate of drug-likeness (QED) is 0.633. The number of ether oxygens (including phenoxy) is 1. The summed E-state index contributed by atoms with van der Waals surface area (Å²) in [6.45, 7) is 6.07. The second kappa shape index (κ2) is 7.97. The van der Waals surface area contributed by atoms with E-state index in [1.54, 1.807) is 0 Å².